The van der Waals surface area contributed by atoms with Gasteiger partial charge in [-0.05, 0) is 18.6 Å². The SMILES string of the molecule is CCC(CO)NS(=O)(=O)c1cc(Br)cc(C(=O)O)c1F. The first-order valence-electron chi connectivity index (χ1n) is 5.58. The molecule has 6 nitrogen and oxygen atoms in total. The third kappa shape index (κ3) is 3.75. The summed E-state index contributed by atoms with van der Waals surface area (Å²) < 4.78 is 40.3. The van der Waals surface area contributed by atoms with E-state index in [1.54, 1.807) is 6.92 Å². The first-order valence-corrected chi connectivity index (χ1v) is 7.86. The van der Waals surface area contributed by atoms with Crippen molar-refractivity contribution >= 4 is 31.9 Å². The van der Waals surface area contributed by atoms with Gasteiger partial charge in [-0.1, -0.05) is 22.9 Å². The van der Waals surface area contributed by atoms with Crippen LogP contribution in [0, 0.1) is 5.82 Å². The zero-order valence-electron chi connectivity index (χ0n) is 10.4. The summed E-state index contributed by atoms with van der Waals surface area (Å²) in [4.78, 5) is 10.1. The highest BCUT2D eigenvalue weighted by Crippen LogP contribution is 2.24. The van der Waals surface area contributed by atoms with Crippen LogP contribution in [0.1, 0.15) is 23.7 Å². The van der Waals surface area contributed by atoms with Crippen LogP contribution in [-0.4, -0.2) is 37.2 Å². The minimum Gasteiger partial charge on any atom is -0.478 e. The highest BCUT2D eigenvalue weighted by Gasteiger charge is 2.26. The third-order valence-corrected chi connectivity index (χ3v) is 4.54. The van der Waals surface area contributed by atoms with E-state index in [1.165, 1.54) is 0 Å². The molecule has 0 heterocycles. The molecule has 112 valence electrons. The second-order valence-electron chi connectivity index (χ2n) is 3.98. The summed E-state index contributed by atoms with van der Waals surface area (Å²) in [6, 6.07) is 1.17. The maximum Gasteiger partial charge on any atom is 0.338 e. The fourth-order valence-corrected chi connectivity index (χ4v) is 3.49. The zero-order chi connectivity index (χ0) is 15.5. The van der Waals surface area contributed by atoms with E-state index >= 15 is 0 Å². The topological polar surface area (TPSA) is 104 Å². The Morgan fingerprint density at radius 3 is 2.55 bits per heavy atom. The van der Waals surface area contributed by atoms with Gasteiger partial charge in [0, 0.05) is 10.5 Å². The molecule has 1 unspecified atom stereocenters. The molecule has 0 aliphatic heterocycles. The van der Waals surface area contributed by atoms with Crippen LogP contribution in [0.2, 0.25) is 0 Å². The molecule has 0 saturated carbocycles. The number of carbonyl (C=O) groups is 1. The van der Waals surface area contributed by atoms with E-state index in [0.717, 1.165) is 12.1 Å². The Hall–Kier alpha value is -1.03. The Morgan fingerprint density at radius 2 is 2.10 bits per heavy atom. The average Bonchev–Trinajstić information content (AvgIpc) is 2.37. The fourth-order valence-electron chi connectivity index (χ4n) is 1.45. The lowest BCUT2D eigenvalue weighted by atomic mass is 10.2. The quantitative estimate of drug-likeness (QED) is 0.701. The van der Waals surface area contributed by atoms with Gasteiger partial charge < -0.3 is 10.2 Å². The highest BCUT2D eigenvalue weighted by molar-refractivity contribution is 9.10. The number of halogens is 2. The van der Waals surface area contributed by atoms with Crippen molar-refractivity contribution in [3.63, 3.8) is 0 Å². The van der Waals surface area contributed by atoms with E-state index < -0.39 is 44.9 Å². The van der Waals surface area contributed by atoms with Crippen LogP contribution in [0.4, 0.5) is 4.39 Å². The molecule has 0 amide bonds. The molecule has 0 saturated heterocycles. The van der Waals surface area contributed by atoms with Crippen molar-refractivity contribution in [2.75, 3.05) is 6.61 Å². The van der Waals surface area contributed by atoms with Gasteiger partial charge in [-0.15, -0.1) is 0 Å². The number of benzene rings is 1. The molecule has 0 aliphatic carbocycles. The normalized spacial score (nSPS) is 13.2. The minimum atomic E-state index is -4.27. The monoisotopic (exact) mass is 369 g/mol. The van der Waals surface area contributed by atoms with E-state index in [2.05, 4.69) is 20.7 Å². The van der Waals surface area contributed by atoms with Crippen LogP contribution in [0.25, 0.3) is 0 Å². The second kappa shape index (κ2) is 6.61. The standard InChI is InChI=1S/C11H13BrFNO5S/c1-2-7(5-15)14-20(18,19)9-4-6(12)3-8(10(9)13)11(16)17/h3-4,7,14-15H,2,5H2,1H3,(H,16,17). The zero-order valence-corrected chi connectivity index (χ0v) is 12.8. The van der Waals surface area contributed by atoms with Crippen molar-refractivity contribution in [3.8, 4) is 0 Å². The molecule has 0 fully saturated rings. The number of carboxylic acid groups (broad SMARTS) is 1. The summed E-state index contributed by atoms with van der Waals surface area (Å²) in [5.41, 5.74) is -0.753. The Kier molecular flexibility index (Phi) is 5.63. The second-order valence-corrected chi connectivity index (χ2v) is 6.58. The van der Waals surface area contributed by atoms with Gasteiger partial charge in [-0.3, -0.25) is 0 Å². The van der Waals surface area contributed by atoms with Crippen molar-refractivity contribution in [3.05, 3.63) is 28.0 Å². The number of sulfonamides is 1. The lowest BCUT2D eigenvalue weighted by Gasteiger charge is -2.15. The average molecular weight is 370 g/mol. The van der Waals surface area contributed by atoms with Crippen molar-refractivity contribution in [1.29, 1.82) is 0 Å². The molecule has 1 rings (SSSR count). The lowest BCUT2D eigenvalue weighted by molar-refractivity contribution is 0.0691. The Labute approximate surface area is 123 Å². The van der Waals surface area contributed by atoms with Gasteiger partial charge >= 0.3 is 5.97 Å². The number of hydrogen-bond acceptors (Lipinski definition) is 4. The van der Waals surface area contributed by atoms with Crippen LogP contribution < -0.4 is 4.72 Å². The molecule has 0 spiro atoms. The predicted octanol–water partition coefficient (Wildman–Crippen LogP) is 1.34. The number of nitrogens with one attached hydrogen (secondary N) is 1. The van der Waals surface area contributed by atoms with E-state index in [4.69, 9.17) is 10.2 Å². The summed E-state index contributed by atoms with van der Waals surface area (Å²) >= 11 is 2.94. The van der Waals surface area contributed by atoms with Crippen LogP contribution in [0.15, 0.2) is 21.5 Å². The van der Waals surface area contributed by atoms with E-state index in [0.29, 0.717) is 6.42 Å². The number of rotatable bonds is 6. The molecule has 9 heteroatoms. The van der Waals surface area contributed by atoms with Gasteiger partial charge in [0.15, 0.2) is 5.82 Å². The van der Waals surface area contributed by atoms with Gasteiger partial charge in [-0.2, -0.15) is 0 Å². The smallest absolute Gasteiger partial charge is 0.338 e. The van der Waals surface area contributed by atoms with E-state index in [9.17, 15) is 17.6 Å². The molecule has 0 bridgehead atoms. The number of aliphatic hydroxyl groups is 1. The van der Waals surface area contributed by atoms with Gasteiger partial charge in [0.1, 0.15) is 4.90 Å². The van der Waals surface area contributed by atoms with Gasteiger partial charge in [0.25, 0.3) is 0 Å². The number of aliphatic hydroxyl groups excluding tert-OH is 1. The molecule has 1 atom stereocenters. The Morgan fingerprint density at radius 1 is 1.50 bits per heavy atom. The van der Waals surface area contributed by atoms with E-state index in [1.807, 2.05) is 0 Å². The Balaban J connectivity index is 3.35. The molecule has 0 aromatic heterocycles. The third-order valence-electron chi connectivity index (χ3n) is 2.56. The van der Waals surface area contributed by atoms with Gasteiger partial charge in [0.05, 0.1) is 12.2 Å². The molecule has 0 aliphatic rings. The first-order chi connectivity index (χ1) is 9.22. The molecule has 20 heavy (non-hydrogen) atoms. The maximum atomic E-state index is 14.0. The first kappa shape index (κ1) is 17.0. The molecule has 3 N–H and O–H groups in total. The summed E-state index contributed by atoms with van der Waals surface area (Å²) in [6.07, 6.45) is 0.303. The number of aromatic carboxylic acids is 1. The molecular weight excluding hydrogens is 357 g/mol. The maximum absolute atomic E-state index is 14.0. The van der Waals surface area contributed by atoms with Gasteiger partial charge in [-0.25, -0.2) is 22.3 Å². The van der Waals surface area contributed by atoms with Crippen LogP contribution in [-0.2, 0) is 10.0 Å². The van der Waals surface area contributed by atoms with E-state index in [-0.39, 0.29) is 4.47 Å². The van der Waals surface area contributed by atoms with Crippen molar-refractivity contribution < 1.29 is 27.8 Å². The largest absolute Gasteiger partial charge is 0.478 e. The van der Waals surface area contributed by atoms with Crippen LogP contribution >= 0.6 is 15.9 Å². The Bertz CT molecular complexity index is 615. The minimum absolute atomic E-state index is 0.119. The van der Waals surface area contributed by atoms with Crippen molar-refractivity contribution in [2.45, 2.75) is 24.3 Å². The molecular formula is C11H13BrFNO5S. The van der Waals surface area contributed by atoms with Crippen molar-refractivity contribution in [1.82, 2.24) is 4.72 Å². The molecule has 0 radical (unpaired) electrons. The lowest BCUT2D eigenvalue weighted by Crippen LogP contribution is -2.37. The molecule has 1 aromatic rings. The summed E-state index contributed by atoms with van der Waals surface area (Å²) in [7, 11) is -4.27. The van der Waals surface area contributed by atoms with Gasteiger partial charge in [0.2, 0.25) is 10.0 Å². The van der Waals surface area contributed by atoms with Crippen LogP contribution in [0.3, 0.4) is 0 Å². The predicted molar refractivity (Wildman–Crippen MR) is 72.5 cm³/mol. The summed E-state index contributed by atoms with van der Waals surface area (Å²) in [6.45, 7) is 1.19. The van der Waals surface area contributed by atoms with Crippen molar-refractivity contribution in [2.24, 2.45) is 0 Å². The molecule has 1 aromatic carbocycles. The summed E-state index contributed by atoms with van der Waals surface area (Å²) in [5, 5.41) is 17.8. The number of hydrogen-bond donors (Lipinski definition) is 3. The number of carboxylic acids is 1. The fraction of sp³-hybridized carbons (Fsp3) is 0.364. The van der Waals surface area contributed by atoms with Crippen LogP contribution in [0.5, 0.6) is 0 Å². The summed E-state index contributed by atoms with van der Waals surface area (Å²) in [5.74, 6) is -2.92. The highest BCUT2D eigenvalue weighted by atomic mass is 79.9.